The summed E-state index contributed by atoms with van der Waals surface area (Å²) in [5, 5.41) is 43.6. The summed E-state index contributed by atoms with van der Waals surface area (Å²) in [6.07, 6.45) is 0. The van der Waals surface area contributed by atoms with Gasteiger partial charge in [-0.05, 0) is 62.4 Å². The lowest BCUT2D eigenvalue weighted by Crippen LogP contribution is -2.17. The molecular weight excluding hydrogens is 771 g/mol. The molecule has 0 amide bonds. The second-order valence-electron chi connectivity index (χ2n) is 12.2. The van der Waals surface area contributed by atoms with Crippen molar-refractivity contribution in [3.63, 3.8) is 0 Å². The number of nitrogens with zero attached hydrogens (tertiary/aromatic N) is 6. The minimum absolute atomic E-state index is 0.0151. The van der Waals surface area contributed by atoms with Crippen LogP contribution in [0.3, 0.4) is 0 Å². The maximum atomic E-state index is 13.0. The van der Waals surface area contributed by atoms with Crippen molar-refractivity contribution in [3.8, 4) is 23.5 Å². The third kappa shape index (κ3) is 9.71. The Morgan fingerprint density at radius 2 is 1.02 bits per heavy atom. The first-order valence-corrected chi connectivity index (χ1v) is 17.7. The van der Waals surface area contributed by atoms with E-state index in [1.807, 2.05) is 38.1 Å². The number of aliphatic carboxylic acids is 1. The van der Waals surface area contributed by atoms with Gasteiger partial charge in [0, 0.05) is 21.2 Å². The van der Waals surface area contributed by atoms with Gasteiger partial charge in [0.1, 0.15) is 48.0 Å². The Bertz CT molecular complexity index is 2530. The number of nitriles is 2. The van der Waals surface area contributed by atoms with Crippen LogP contribution in [-0.2, 0) is 14.3 Å². The van der Waals surface area contributed by atoms with Gasteiger partial charge in [-0.3, -0.25) is 19.2 Å². The first-order chi connectivity index (χ1) is 27.3. The normalized spacial score (nSPS) is 10.3. The summed E-state index contributed by atoms with van der Waals surface area (Å²) < 4.78 is 7.38. The number of benzene rings is 4. The van der Waals surface area contributed by atoms with E-state index in [2.05, 4.69) is 25.6 Å². The highest BCUT2D eigenvalue weighted by Gasteiger charge is 2.27. The van der Waals surface area contributed by atoms with E-state index < -0.39 is 30.0 Å². The molecule has 0 saturated carbocycles. The number of nitrogens with one attached hydrogen (secondary N) is 2. The largest absolute Gasteiger partial charge is 0.480 e. The molecule has 0 fully saturated rings. The lowest BCUT2D eigenvalue weighted by Gasteiger charge is -2.09. The fraction of sp³-hybridized carbons (Fsp3) is 0.122. The quantitative estimate of drug-likeness (QED) is 0.0849. The first kappa shape index (κ1) is 40.9. The molecule has 14 nitrogen and oxygen atoms in total. The molecule has 3 N–H and O–H groups in total. The molecule has 0 saturated heterocycles. The van der Waals surface area contributed by atoms with Crippen molar-refractivity contribution < 1.29 is 29.0 Å². The Morgan fingerprint density at radius 1 is 0.649 bits per heavy atom. The summed E-state index contributed by atoms with van der Waals surface area (Å²) >= 11 is 11.9. The number of esters is 1. The van der Waals surface area contributed by atoms with Gasteiger partial charge in [0.05, 0.1) is 18.5 Å². The molecule has 2 aromatic heterocycles. The van der Waals surface area contributed by atoms with Crippen molar-refractivity contribution in [2.45, 2.75) is 13.8 Å². The van der Waals surface area contributed by atoms with Gasteiger partial charge in [-0.25, -0.2) is 9.36 Å². The fourth-order valence-electron chi connectivity index (χ4n) is 5.30. The number of carboxylic acids is 1. The van der Waals surface area contributed by atoms with Crippen molar-refractivity contribution in [3.05, 3.63) is 152 Å². The van der Waals surface area contributed by atoms with Gasteiger partial charge in [-0.2, -0.15) is 20.7 Å². The highest BCUT2D eigenvalue weighted by molar-refractivity contribution is 6.30. The van der Waals surface area contributed by atoms with Crippen LogP contribution in [0.1, 0.15) is 54.4 Å². The maximum absolute atomic E-state index is 13.0. The zero-order valence-electron chi connectivity index (χ0n) is 30.6. The molecule has 0 aliphatic carbocycles. The van der Waals surface area contributed by atoms with Crippen LogP contribution in [0.2, 0.25) is 10.0 Å². The van der Waals surface area contributed by atoms with Crippen molar-refractivity contribution in [1.29, 1.82) is 10.5 Å². The van der Waals surface area contributed by atoms with E-state index in [-0.39, 0.29) is 40.7 Å². The average molecular weight is 804 g/mol. The van der Waals surface area contributed by atoms with E-state index in [9.17, 15) is 29.7 Å². The van der Waals surface area contributed by atoms with Crippen molar-refractivity contribution in [2.75, 3.05) is 30.8 Å². The van der Waals surface area contributed by atoms with E-state index >= 15 is 0 Å². The molecule has 4 aromatic carbocycles. The van der Waals surface area contributed by atoms with Crippen LogP contribution in [0.5, 0.6) is 0 Å². The van der Waals surface area contributed by atoms with Gasteiger partial charge in [-0.1, -0.05) is 82.9 Å². The molecule has 0 bridgehead atoms. The van der Waals surface area contributed by atoms with Crippen LogP contribution < -0.4 is 10.6 Å². The summed E-state index contributed by atoms with van der Waals surface area (Å²) in [7, 11) is 1.26. The third-order valence-electron chi connectivity index (χ3n) is 8.23. The predicted molar refractivity (Wildman–Crippen MR) is 212 cm³/mol. The van der Waals surface area contributed by atoms with Crippen LogP contribution in [0.4, 0.5) is 11.6 Å². The maximum Gasteiger partial charge on any atom is 0.325 e. The SMILES string of the molecule is COC(=O)CNc1c(C#N)c(C(=O)c2ccc(C)cc2)nn1-c1ccc(Cl)cc1.Cc1ccc(C(=O)c2nn(-c3ccc(Cl)cc3)c(NCC(=O)O)c2C#N)cc1. The monoisotopic (exact) mass is 802 g/mol. The van der Waals surface area contributed by atoms with Crippen LogP contribution in [0.15, 0.2) is 97.1 Å². The number of halogens is 2. The van der Waals surface area contributed by atoms with Crippen molar-refractivity contribution >= 4 is 58.3 Å². The number of methoxy groups -OCH3 is 1. The molecule has 0 radical (unpaired) electrons. The second-order valence-corrected chi connectivity index (χ2v) is 13.1. The van der Waals surface area contributed by atoms with Gasteiger partial charge < -0.3 is 20.5 Å². The van der Waals surface area contributed by atoms with E-state index in [0.717, 1.165) is 11.1 Å². The number of carbonyl (C=O) groups is 4. The average Bonchev–Trinajstić information content (AvgIpc) is 3.78. The number of anilines is 2. The molecule has 0 atom stereocenters. The summed E-state index contributed by atoms with van der Waals surface area (Å²) in [6.45, 7) is 3.19. The van der Waals surface area contributed by atoms with Crippen molar-refractivity contribution in [1.82, 2.24) is 19.6 Å². The van der Waals surface area contributed by atoms with Gasteiger partial charge >= 0.3 is 11.9 Å². The number of ether oxygens (including phenoxy) is 1. The van der Waals surface area contributed by atoms with E-state index in [0.29, 0.717) is 32.5 Å². The number of aromatic nitrogens is 4. The number of carboxylic acid groups (broad SMARTS) is 1. The summed E-state index contributed by atoms with van der Waals surface area (Å²) in [6, 6.07) is 31.2. The number of rotatable bonds is 12. The number of aryl methyl sites for hydroxylation is 2. The Hall–Kier alpha value is -7.26. The molecule has 286 valence electrons. The van der Waals surface area contributed by atoms with E-state index in [1.165, 1.54) is 16.5 Å². The van der Waals surface area contributed by atoms with Gasteiger partial charge in [0.25, 0.3) is 0 Å². The minimum Gasteiger partial charge on any atom is -0.480 e. The summed E-state index contributed by atoms with van der Waals surface area (Å²) in [5.41, 5.74) is 3.82. The summed E-state index contributed by atoms with van der Waals surface area (Å²) in [5.74, 6) is -2.11. The topological polar surface area (TPSA) is 205 Å². The second kappa shape index (κ2) is 18.4. The van der Waals surface area contributed by atoms with Gasteiger partial charge in [0.15, 0.2) is 11.4 Å². The van der Waals surface area contributed by atoms with Crippen molar-refractivity contribution in [2.24, 2.45) is 0 Å². The lowest BCUT2D eigenvalue weighted by atomic mass is 10.0. The Morgan fingerprint density at radius 3 is 1.35 bits per heavy atom. The first-order valence-electron chi connectivity index (χ1n) is 16.9. The van der Waals surface area contributed by atoms with Crippen LogP contribution in [0, 0.1) is 36.5 Å². The fourth-order valence-corrected chi connectivity index (χ4v) is 5.55. The molecule has 16 heteroatoms. The van der Waals surface area contributed by atoms with Crippen LogP contribution in [-0.4, -0.2) is 68.4 Å². The number of hydrogen-bond acceptors (Lipinski definition) is 11. The highest BCUT2D eigenvalue weighted by Crippen LogP contribution is 2.28. The molecule has 0 unspecified atom stereocenters. The highest BCUT2D eigenvalue weighted by atomic mass is 35.5. The van der Waals surface area contributed by atoms with Crippen LogP contribution in [0.25, 0.3) is 11.4 Å². The van der Waals surface area contributed by atoms with E-state index in [4.69, 9.17) is 28.3 Å². The van der Waals surface area contributed by atoms with E-state index in [1.54, 1.807) is 84.9 Å². The smallest absolute Gasteiger partial charge is 0.325 e. The Kier molecular flexibility index (Phi) is 13.2. The lowest BCUT2D eigenvalue weighted by molar-refractivity contribution is -0.138. The zero-order chi connectivity index (χ0) is 41.2. The molecular formula is C41H32Cl2N8O6. The molecule has 2 heterocycles. The molecule has 57 heavy (non-hydrogen) atoms. The standard InChI is InChI=1S/C21H17ClN4O3.C20H15ClN4O3/c1-13-3-5-14(6-4-13)20(28)19-17(11-23)21(24-12-18(27)29-2)26(25-19)16-9-7-15(22)8-10-16;1-12-2-4-13(5-3-12)19(28)18-16(10-22)20(23-11-17(26)27)25(24-18)15-8-6-14(21)7-9-15/h3-10,24H,12H2,1-2H3;2-9,23H,11H2,1H3,(H,26,27). The minimum atomic E-state index is -1.11. The molecule has 6 aromatic rings. The number of ketones is 2. The van der Waals surface area contributed by atoms with Gasteiger partial charge in [0.2, 0.25) is 11.6 Å². The Balaban J connectivity index is 0.000000218. The summed E-state index contributed by atoms with van der Waals surface area (Å²) in [4.78, 5) is 48.5. The molecule has 0 aliphatic heterocycles. The number of carbonyl (C=O) groups excluding carboxylic acids is 3. The molecule has 6 rings (SSSR count). The zero-order valence-corrected chi connectivity index (χ0v) is 32.1. The van der Waals surface area contributed by atoms with Crippen LogP contribution >= 0.6 is 23.2 Å². The van der Waals surface area contributed by atoms with Gasteiger partial charge in [-0.15, -0.1) is 0 Å². The number of hydrogen-bond donors (Lipinski definition) is 3. The predicted octanol–water partition coefficient (Wildman–Crippen LogP) is 6.96. The molecule has 0 aliphatic rings. The third-order valence-corrected chi connectivity index (χ3v) is 8.73. The Labute approximate surface area is 336 Å². The molecule has 0 spiro atoms.